The van der Waals surface area contributed by atoms with E-state index in [0.717, 1.165) is 45.1 Å². The van der Waals surface area contributed by atoms with Gasteiger partial charge >= 0.3 is 0 Å². The fourth-order valence-corrected chi connectivity index (χ4v) is 4.76. The Morgan fingerprint density at radius 1 is 0.500 bits per heavy atom. The van der Waals surface area contributed by atoms with Crippen molar-refractivity contribution in [2.75, 3.05) is 19.5 Å². The van der Waals surface area contributed by atoms with E-state index in [1.54, 1.807) is 14.2 Å². The molecular formula is C27H23NO2. The Balaban J connectivity index is 2.02. The van der Waals surface area contributed by atoms with Gasteiger partial charge in [0.05, 0.1) is 19.6 Å². The van der Waals surface area contributed by atoms with E-state index < -0.39 is 5.41 Å². The molecule has 0 fully saturated rings. The predicted molar refractivity (Wildman–Crippen MR) is 121 cm³/mol. The third kappa shape index (κ3) is 2.52. The van der Waals surface area contributed by atoms with Crippen LogP contribution in [0.5, 0.6) is 11.5 Å². The summed E-state index contributed by atoms with van der Waals surface area (Å²) < 4.78 is 11.8. The molecule has 0 amide bonds. The topological polar surface area (TPSA) is 30.5 Å². The maximum Gasteiger partial charge on any atom is 0.123 e. The molecule has 1 aliphatic rings. The van der Waals surface area contributed by atoms with E-state index >= 15 is 0 Å². The molecule has 1 heterocycles. The molecule has 0 aliphatic carbocycles. The number of para-hydroxylation sites is 4. The summed E-state index contributed by atoms with van der Waals surface area (Å²) in [5, 5.41) is 3.63. The molecular weight excluding hydrogens is 370 g/mol. The second-order valence-electron chi connectivity index (χ2n) is 7.37. The number of ether oxygens (including phenoxy) is 2. The number of methoxy groups -OCH3 is 2. The van der Waals surface area contributed by atoms with Gasteiger partial charge in [-0.2, -0.15) is 0 Å². The molecule has 1 aliphatic heterocycles. The van der Waals surface area contributed by atoms with Gasteiger partial charge in [-0.1, -0.05) is 72.8 Å². The van der Waals surface area contributed by atoms with Crippen molar-refractivity contribution in [2.45, 2.75) is 5.41 Å². The molecule has 0 aromatic heterocycles. The summed E-state index contributed by atoms with van der Waals surface area (Å²) in [5.41, 5.74) is 6.05. The summed E-state index contributed by atoms with van der Waals surface area (Å²) in [6.45, 7) is 0. The largest absolute Gasteiger partial charge is 0.496 e. The fraction of sp³-hybridized carbons (Fsp3) is 0.111. The summed E-state index contributed by atoms with van der Waals surface area (Å²) in [6, 6.07) is 33.5. The number of hydrogen-bond acceptors (Lipinski definition) is 3. The average molecular weight is 393 g/mol. The molecule has 0 radical (unpaired) electrons. The van der Waals surface area contributed by atoms with Crippen LogP contribution in [0.4, 0.5) is 11.4 Å². The van der Waals surface area contributed by atoms with Crippen LogP contribution in [0, 0.1) is 0 Å². The van der Waals surface area contributed by atoms with E-state index in [0.29, 0.717) is 0 Å². The van der Waals surface area contributed by atoms with Crippen LogP contribution in [-0.4, -0.2) is 14.2 Å². The van der Waals surface area contributed by atoms with Gasteiger partial charge in [0.25, 0.3) is 0 Å². The van der Waals surface area contributed by atoms with Gasteiger partial charge < -0.3 is 14.8 Å². The third-order valence-electron chi connectivity index (χ3n) is 5.95. The van der Waals surface area contributed by atoms with Gasteiger partial charge in [-0.3, -0.25) is 0 Å². The molecule has 0 saturated carbocycles. The van der Waals surface area contributed by atoms with E-state index in [9.17, 15) is 0 Å². The minimum Gasteiger partial charge on any atom is -0.496 e. The highest BCUT2D eigenvalue weighted by atomic mass is 16.5. The molecule has 1 N–H and O–H groups in total. The first-order valence-corrected chi connectivity index (χ1v) is 10.0. The van der Waals surface area contributed by atoms with Gasteiger partial charge in [-0.25, -0.2) is 0 Å². The zero-order valence-corrected chi connectivity index (χ0v) is 17.1. The molecule has 4 aromatic carbocycles. The van der Waals surface area contributed by atoms with Gasteiger partial charge in [0.1, 0.15) is 11.5 Å². The van der Waals surface area contributed by atoms with Crippen LogP contribution in [0.25, 0.3) is 0 Å². The Morgan fingerprint density at radius 3 is 1.30 bits per heavy atom. The van der Waals surface area contributed by atoms with Crippen molar-refractivity contribution < 1.29 is 9.47 Å². The Kier molecular flexibility index (Phi) is 4.44. The van der Waals surface area contributed by atoms with Crippen molar-refractivity contribution in [3.63, 3.8) is 0 Å². The Morgan fingerprint density at radius 2 is 0.867 bits per heavy atom. The smallest absolute Gasteiger partial charge is 0.123 e. The predicted octanol–water partition coefficient (Wildman–Crippen LogP) is 6.14. The van der Waals surface area contributed by atoms with E-state index in [1.165, 1.54) is 0 Å². The molecule has 0 atom stereocenters. The lowest BCUT2D eigenvalue weighted by Gasteiger charge is -2.43. The second-order valence-corrected chi connectivity index (χ2v) is 7.37. The number of anilines is 2. The Hall–Kier alpha value is -3.72. The highest BCUT2D eigenvalue weighted by Gasteiger charge is 2.47. The summed E-state index contributed by atoms with van der Waals surface area (Å²) in [6.07, 6.45) is 0. The highest BCUT2D eigenvalue weighted by Crippen LogP contribution is 2.57. The lowest BCUT2D eigenvalue weighted by molar-refractivity contribution is 0.395. The van der Waals surface area contributed by atoms with E-state index in [2.05, 4.69) is 78.1 Å². The van der Waals surface area contributed by atoms with Crippen molar-refractivity contribution in [1.29, 1.82) is 0 Å². The van der Waals surface area contributed by atoms with E-state index in [4.69, 9.17) is 9.47 Å². The van der Waals surface area contributed by atoms with Gasteiger partial charge in [0.15, 0.2) is 0 Å². The lowest BCUT2D eigenvalue weighted by Crippen LogP contribution is -2.36. The first kappa shape index (κ1) is 18.3. The fourth-order valence-electron chi connectivity index (χ4n) is 4.76. The van der Waals surface area contributed by atoms with Crippen molar-refractivity contribution >= 4 is 11.4 Å². The number of benzene rings is 4. The van der Waals surface area contributed by atoms with Crippen LogP contribution in [0.15, 0.2) is 97.1 Å². The maximum atomic E-state index is 5.89. The number of fused-ring (bicyclic) bond motifs is 2. The minimum absolute atomic E-state index is 0.600. The monoisotopic (exact) mass is 393 g/mol. The number of hydrogen-bond donors (Lipinski definition) is 1. The SMILES string of the molecule is COc1ccccc1C1(c2ccccc2OC)c2ccccc2Nc2ccccc21. The zero-order chi connectivity index (χ0) is 20.6. The van der Waals surface area contributed by atoms with Crippen LogP contribution in [-0.2, 0) is 5.41 Å². The lowest BCUT2D eigenvalue weighted by atomic mass is 9.62. The van der Waals surface area contributed by atoms with Crippen molar-refractivity contribution in [3.8, 4) is 11.5 Å². The van der Waals surface area contributed by atoms with Crippen molar-refractivity contribution in [2.24, 2.45) is 0 Å². The number of nitrogens with one attached hydrogen (secondary N) is 1. The second kappa shape index (κ2) is 7.27. The summed E-state index contributed by atoms with van der Waals surface area (Å²) in [7, 11) is 3.46. The molecule has 0 unspecified atom stereocenters. The zero-order valence-electron chi connectivity index (χ0n) is 17.1. The molecule has 0 spiro atoms. The Labute approximate surface area is 176 Å². The first-order chi connectivity index (χ1) is 14.8. The Bertz CT molecular complexity index is 1120. The summed E-state index contributed by atoms with van der Waals surface area (Å²) in [4.78, 5) is 0. The molecule has 3 nitrogen and oxygen atoms in total. The van der Waals surface area contributed by atoms with Gasteiger partial charge in [0.2, 0.25) is 0 Å². The molecule has 5 rings (SSSR count). The molecule has 0 saturated heterocycles. The van der Waals surface area contributed by atoms with Crippen LogP contribution in [0.3, 0.4) is 0 Å². The average Bonchev–Trinajstić information content (AvgIpc) is 2.82. The third-order valence-corrected chi connectivity index (χ3v) is 5.95. The quantitative estimate of drug-likeness (QED) is 0.398. The standard InChI is InChI=1S/C27H23NO2/c1-29-25-17-9-5-13-21(25)27(22-14-6-10-18-26(22)30-2)19-11-3-7-15-23(19)28-24-16-8-4-12-20(24)27/h3-18,28H,1-2H3. The molecule has 30 heavy (non-hydrogen) atoms. The molecule has 3 heteroatoms. The van der Waals surface area contributed by atoms with Crippen molar-refractivity contribution in [3.05, 3.63) is 119 Å². The molecule has 148 valence electrons. The van der Waals surface area contributed by atoms with Crippen LogP contribution in [0.1, 0.15) is 22.3 Å². The van der Waals surface area contributed by atoms with Gasteiger partial charge in [-0.05, 0) is 35.4 Å². The van der Waals surface area contributed by atoms with Gasteiger partial charge in [-0.15, -0.1) is 0 Å². The van der Waals surface area contributed by atoms with Gasteiger partial charge in [0, 0.05) is 22.5 Å². The van der Waals surface area contributed by atoms with Crippen molar-refractivity contribution in [1.82, 2.24) is 0 Å². The first-order valence-electron chi connectivity index (χ1n) is 10.0. The summed E-state index contributed by atoms with van der Waals surface area (Å²) >= 11 is 0. The molecule has 4 aromatic rings. The van der Waals surface area contributed by atoms with Crippen LogP contribution >= 0.6 is 0 Å². The van der Waals surface area contributed by atoms with E-state index in [-0.39, 0.29) is 0 Å². The van der Waals surface area contributed by atoms with Crippen LogP contribution < -0.4 is 14.8 Å². The molecule has 0 bridgehead atoms. The van der Waals surface area contributed by atoms with E-state index in [1.807, 2.05) is 24.3 Å². The van der Waals surface area contributed by atoms with Crippen LogP contribution in [0.2, 0.25) is 0 Å². The summed E-state index contributed by atoms with van der Waals surface area (Å²) in [5.74, 6) is 1.69. The normalized spacial score (nSPS) is 13.5. The highest BCUT2D eigenvalue weighted by molar-refractivity contribution is 5.83. The minimum atomic E-state index is -0.600. The number of rotatable bonds is 4. The maximum absolute atomic E-state index is 5.89.